The highest BCUT2D eigenvalue weighted by Crippen LogP contribution is 2.23. The van der Waals surface area contributed by atoms with E-state index in [2.05, 4.69) is 5.32 Å². The Bertz CT molecular complexity index is 671. The minimum Gasteiger partial charge on any atom is -0.492 e. The summed E-state index contributed by atoms with van der Waals surface area (Å²) in [5, 5.41) is 2.70. The van der Waals surface area contributed by atoms with Crippen LogP contribution in [-0.4, -0.2) is 12.5 Å². The smallest absolute Gasteiger partial charge is 0.255 e. The fourth-order valence-electron chi connectivity index (χ4n) is 1.90. The molecule has 3 N–H and O–H groups in total. The number of hydrogen-bond acceptors (Lipinski definition) is 3. The number of halogens is 1. The molecular formula is C16H17FN2O2. The van der Waals surface area contributed by atoms with Gasteiger partial charge in [-0.15, -0.1) is 0 Å². The van der Waals surface area contributed by atoms with Crippen molar-refractivity contribution in [1.82, 2.24) is 0 Å². The second-order valence-corrected chi connectivity index (χ2v) is 4.60. The molecule has 0 unspecified atom stereocenters. The van der Waals surface area contributed by atoms with Crippen LogP contribution in [0.3, 0.4) is 0 Å². The van der Waals surface area contributed by atoms with Crippen LogP contribution in [-0.2, 0) is 0 Å². The highest BCUT2D eigenvalue weighted by Gasteiger charge is 2.10. The molecule has 0 spiro atoms. The lowest BCUT2D eigenvalue weighted by atomic mass is 10.1. The second kappa shape index (κ2) is 6.26. The molecule has 0 heterocycles. The zero-order chi connectivity index (χ0) is 15.4. The number of nitrogen functional groups attached to an aromatic ring is 1. The van der Waals surface area contributed by atoms with E-state index in [4.69, 9.17) is 10.5 Å². The van der Waals surface area contributed by atoms with Crippen LogP contribution >= 0.6 is 0 Å². The van der Waals surface area contributed by atoms with Crippen LogP contribution in [0.5, 0.6) is 5.75 Å². The summed E-state index contributed by atoms with van der Waals surface area (Å²) in [5.41, 5.74) is 7.65. The number of nitrogens with one attached hydrogen (secondary N) is 1. The standard InChI is InChI=1S/C16H17FN2O2/c1-3-21-15-7-4-11(9-14(15)18)16(20)19-12-5-6-13(17)10(2)8-12/h4-9H,3,18H2,1-2H3,(H,19,20). The van der Waals surface area contributed by atoms with Crippen LogP contribution in [0.4, 0.5) is 15.8 Å². The van der Waals surface area contributed by atoms with Crippen LogP contribution in [0.1, 0.15) is 22.8 Å². The van der Waals surface area contributed by atoms with Gasteiger partial charge >= 0.3 is 0 Å². The molecule has 4 nitrogen and oxygen atoms in total. The fourth-order valence-corrected chi connectivity index (χ4v) is 1.90. The summed E-state index contributed by atoms with van der Waals surface area (Å²) < 4.78 is 18.5. The zero-order valence-corrected chi connectivity index (χ0v) is 11.9. The van der Waals surface area contributed by atoms with E-state index in [0.717, 1.165) is 0 Å². The van der Waals surface area contributed by atoms with Crippen molar-refractivity contribution in [3.63, 3.8) is 0 Å². The normalized spacial score (nSPS) is 10.2. The van der Waals surface area contributed by atoms with Crippen LogP contribution < -0.4 is 15.8 Å². The minimum absolute atomic E-state index is 0.307. The van der Waals surface area contributed by atoms with E-state index in [1.807, 2.05) is 6.92 Å². The first-order valence-electron chi connectivity index (χ1n) is 6.61. The van der Waals surface area contributed by atoms with Gasteiger partial charge in [0, 0.05) is 11.3 Å². The third-order valence-corrected chi connectivity index (χ3v) is 2.99. The van der Waals surface area contributed by atoms with Gasteiger partial charge in [0.15, 0.2) is 0 Å². The molecule has 0 saturated heterocycles. The van der Waals surface area contributed by atoms with Crippen molar-refractivity contribution in [3.8, 4) is 5.75 Å². The number of anilines is 2. The van der Waals surface area contributed by atoms with Gasteiger partial charge in [0.1, 0.15) is 11.6 Å². The molecule has 0 aliphatic rings. The molecule has 2 aromatic carbocycles. The van der Waals surface area contributed by atoms with Gasteiger partial charge in [-0.25, -0.2) is 4.39 Å². The SMILES string of the molecule is CCOc1ccc(C(=O)Nc2ccc(F)c(C)c2)cc1N. The van der Waals surface area contributed by atoms with E-state index in [9.17, 15) is 9.18 Å². The highest BCUT2D eigenvalue weighted by molar-refractivity contribution is 6.05. The van der Waals surface area contributed by atoms with Gasteiger partial charge in [-0.2, -0.15) is 0 Å². The van der Waals surface area contributed by atoms with E-state index in [1.54, 1.807) is 31.2 Å². The summed E-state index contributed by atoms with van der Waals surface area (Å²) in [6, 6.07) is 9.24. The molecule has 1 amide bonds. The number of benzene rings is 2. The van der Waals surface area contributed by atoms with Crippen molar-refractivity contribution in [2.75, 3.05) is 17.7 Å². The Balaban J connectivity index is 2.16. The molecule has 2 rings (SSSR count). The molecule has 2 aromatic rings. The molecule has 0 aliphatic carbocycles. The number of carbonyl (C=O) groups excluding carboxylic acids is 1. The molecule has 5 heteroatoms. The van der Waals surface area contributed by atoms with Gasteiger partial charge in [0.25, 0.3) is 5.91 Å². The minimum atomic E-state index is -0.309. The first-order chi connectivity index (χ1) is 10.0. The van der Waals surface area contributed by atoms with Crippen LogP contribution in [0.25, 0.3) is 0 Å². The number of aryl methyl sites for hydroxylation is 1. The number of carbonyl (C=O) groups is 1. The first-order valence-corrected chi connectivity index (χ1v) is 6.61. The van der Waals surface area contributed by atoms with Gasteiger partial charge in [-0.3, -0.25) is 4.79 Å². The number of amides is 1. The third-order valence-electron chi connectivity index (χ3n) is 2.99. The maximum absolute atomic E-state index is 13.2. The molecule has 0 aromatic heterocycles. The molecule has 0 atom stereocenters. The van der Waals surface area contributed by atoms with Gasteiger partial charge in [0.2, 0.25) is 0 Å². The zero-order valence-electron chi connectivity index (χ0n) is 11.9. The van der Waals surface area contributed by atoms with Crippen molar-refractivity contribution in [2.45, 2.75) is 13.8 Å². The van der Waals surface area contributed by atoms with Gasteiger partial charge in [-0.05, 0) is 55.8 Å². The largest absolute Gasteiger partial charge is 0.492 e. The second-order valence-electron chi connectivity index (χ2n) is 4.60. The van der Waals surface area contributed by atoms with E-state index in [1.165, 1.54) is 12.1 Å². The van der Waals surface area contributed by atoms with Crippen molar-refractivity contribution >= 4 is 17.3 Å². The quantitative estimate of drug-likeness (QED) is 0.848. The lowest BCUT2D eigenvalue weighted by Crippen LogP contribution is -2.12. The van der Waals surface area contributed by atoms with Crippen molar-refractivity contribution in [1.29, 1.82) is 0 Å². The Kier molecular flexibility index (Phi) is 4.42. The lowest BCUT2D eigenvalue weighted by Gasteiger charge is -2.10. The predicted octanol–water partition coefficient (Wildman–Crippen LogP) is 3.37. The number of rotatable bonds is 4. The molecule has 0 aliphatic heterocycles. The molecule has 0 radical (unpaired) electrons. The number of hydrogen-bond donors (Lipinski definition) is 2. The molecule has 0 fully saturated rings. The van der Waals surface area contributed by atoms with Gasteiger partial charge in [-0.1, -0.05) is 0 Å². The molecular weight excluding hydrogens is 271 g/mol. The maximum Gasteiger partial charge on any atom is 0.255 e. The van der Waals surface area contributed by atoms with Crippen molar-refractivity contribution < 1.29 is 13.9 Å². The average molecular weight is 288 g/mol. The van der Waals surface area contributed by atoms with Crippen molar-refractivity contribution in [2.24, 2.45) is 0 Å². The maximum atomic E-state index is 13.2. The Labute approximate surface area is 122 Å². The number of ether oxygens (including phenoxy) is 1. The molecule has 110 valence electrons. The highest BCUT2D eigenvalue weighted by atomic mass is 19.1. The van der Waals surface area contributed by atoms with Gasteiger partial charge < -0.3 is 15.8 Å². The predicted molar refractivity (Wildman–Crippen MR) is 81.1 cm³/mol. The summed E-state index contributed by atoms with van der Waals surface area (Å²) in [4.78, 5) is 12.1. The number of nitrogens with two attached hydrogens (primary N) is 1. The molecule has 0 saturated carbocycles. The van der Waals surface area contributed by atoms with Gasteiger partial charge in [0.05, 0.1) is 12.3 Å². The summed E-state index contributed by atoms with van der Waals surface area (Å²) in [7, 11) is 0. The van der Waals surface area contributed by atoms with E-state index in [0.29, 0.717) is 34.9 Å². The topological polar surface area (TPSA) is 64.3 Å². The third kappa shape index (κ3) is 3.51. The summed E-state index contributed by atoms with van der Waals surface area (Å²) in [6.07, 6.45) is 0. The molecule has 0 bridgehead atoms. The monoisotopic (exact) mass is 288 g/mol. The molecule has 21 heavy (non-hydrogen) atoms. The first kappa shape index (κ1) is 14.8. The summed E-state index contributed by atoms with van der Waals surface area (Å²) in [5.74, 6) is -0.0688. The van der Waals surface area contributed by atoms with Crippen molar-refractivity contribution in [3.05, 3.63) is 53.3 Å². The van der Waals surface area contributed by atoms with E-state index >= 15 is 0 Å². The Hall–Kier alpha value is -2.56. The average Bonchev–Trinajstić information content (AvgIpc) is 2.45. The van der Waals surface area contributed by atoms with Crippen LogP contribution in [0, 0.1) is 12.7 Å². The Morgan fingerprint density at radius 2 is 2.05 bits per heavy atom. The van der Waals surface area contributed by atoms with Crippen LogP contribution in [0.2, 0.25) is 0 Å². The summed E-state index contributed by atoms with van der Waals surface area (Å²) in [6.45, 7) is 4.00. The fraction of sp³-hybridized carbons (Fsp3) is 0.188. The van der Waals surface area contributed by atoms with E-state index < -0.39 is 0 Å². The van der Waals surface area contributed by atoms with Crippen LogP contribution in [0.15, 0.2) is 36.4 Å². The Morgan fingerprint density at radius 1 is 1.29 bits per heavy atom. The summed E-state index contributed by atoms with van der Waals surface area (Å²) >= 11 is 0. The van der Waals surface area contributed by atoms with E-state index in [-0.39, 0.29) is 11.7 Å². The lowest BCUT2D eigenvalue weighted by molar-refractivity contribution is 0.102. The Morgan fingerprint density at radius 3 is 2.67 bits per heavy atom.